The van der Waals surface area contributed by atoms with Crippen LogP contribution >= 0.6 is 22.9 Å². The summed E-state index contributed by atoms with van der Waals surface area (Å²) in [4.78, 5) is 27.6. The molecule has 2 N–H and O–H groups in total. The molecule has 1 aliphatic rings. The third-order valence-corrected chi connectivity index (χ3v) is 5.16. The molecule has 3 rings (SSSR count). The largest absolute Gasteiger partial charge is 0.481 e. The van der Waals surface area contributed by atoms with E-state index in [1.54, 1.807) is 11.4 Å². The van der Waals surface area contributed by atoms with Gasteiger partial charge in [-0.25, -0.2) is 4.98 Å². The van der Waals surface area contributed by atoms with Crippen molar-refractivity contribution in [1.29, 1.82) is 0 Å². The van der Waals surface area contributed by atoms with Gasteiger partial charge in [-0.05, 0) is 25.3 Å². The van der Waals surface area contributed by atoms with Gasteiger partial charge < -0.3 is 10.4 Å². The summed E-state index contributed by atoms with van der Waals surface area (Å²) in [5.41, 5.74) is 1.13. The molecule has 7 heteroatoms. The van der Waals surface area contributed by atoms with Crippen molar-refractivity contribution in [1.82, 2.24) is 10.3 Å². The quantitative estimate of drug-likeness (QED) is 0.885. The molecule has 0 saturated heterocycles. The number of benzene rings is 1. The lowest BCUT2D eigenvalue weighted by molar-refractivity contribution is -0.141. The maximum absolute atomic E-state index is 12.3. The minimum atomic E-state index is -0.795. The molecular weight excluding hydrogens is 336 g/mol. The second kappa shape index (κ2) is 6.68. The number of halogens is 1. The number of hydrogen-bond acceptors (Lipinski definition) is 4. The van der Waals surface area contributed by atoms with Gasteiger partial charge in [0.15, 0.2) is 0 Å². The average molecular weight is 351 g/mol. The molecule has 1 amide bonds. The fourth-order valence-corrected chi connectivity index (χ4v) is 3.85. The van der Waals surface area contributed by atoms with E-state index in [2.05, 4.69) is 10.3 Å². The zero-order valence-electron chi connectivity index (χ0n) is 12.2. The number of carbonyl (C=O) groups is 2. The minimum Gasteiger partial charge on any atom is -0.481 e. The Bertz CT molecular complexity index is 746. The van der Waals surface area contributed by atoms with Crippen LogP contribution in [0.4, 0.5) is 0 Å². The molecule has 1 fully saturated rings. The zero-order valence-corrected chi connectivity index (χ0v) is 13.7. The van der Waals surface area contributed by atoms with Gasteiger partial charge in [-0.15, -0.1) is 11.3 Å². The summed E-state index contributed by atoms with van der Waals surface area (Å²) < 4.78 is 0. The molecule has 0 spiro atoms. The van der Waals surface area contributed by atoms with E-state index in [1.807, 2.05) is 18.2 Å². The molecule has 0 radical (unpaired) electrons. The van der Waals surface area contributed by atoms with E-state index < -0.39 is 5.97 Å². The molecule has 2 atom stereocenters. The van der Waals surface area contributed by atoms with E-state index in [-0.39, 0.29) is 17.9 Å². The standard InChI is InChI=1S/C16H15ClN2O3S/c17-12-4-2-1-3-11(12)15-19-13(8-23-15)14(20)18-10-6-5-9(7-10)16(21)22/h1-4,8-10H,5-7H2,(H,18,20)(H,21,22)/t9-,10+/m1/s1. The van der Waals surface area contributed by atoms with Gasteiger partial charge in [-0.1, -0.05) is 29.8 Å². The summed E-state index contributed by atoms with van der Waals surface area (Å²) in [5, 5.41) is 14.8. The van der Waals surface area contributed by atoms with Crippen molar-refractivity contribution in [2.45, 2.75) is 25.3 Å². The summed E-state index contributed by atoms with van der Waals surface area (Å²) in [6.45, 7) is 0. The molecule has 0 unspecified atom stereocenters. The molecule has 0 aliphatic heterocycles. The van der Waals surface area contributed by atoms with Crippen LogP contribution in [0.3, 0.4) is 0 Å². The van der Waals surface area contributed by atoms with Crippen LogP contribution in [0, 0.1) is 5.92 Å². The first kappa shape index (κ1) is 16.0. The second-order valence-corrected chi connectivity index (χ2v) is 6.80. The summed E-state index contributed by atoms with van der Waals surface area (Å²) in [6, 6.07) is 7.24. The van der Waals surface area contributed by atoms with Crippen molar-refractivity contribution in [3.63, 3.8) is 0 Å². The van der Waals surface area contributed by atoms with Gasteiger partial charge >= 0.3 is 5.97 Å². The predicted octanol–water partition coefficient (Wildman–Crippen LogP) is 3.45. The Morgan fingerprint density at radius 1 is 1.30 bits per heavy atom. The van der Waals surface area contributed by atoms with Crippen LogP contribution in [0.1, 0.15) is 29.8 Å². The predicted molar refractivity (Wildman–Crippen MR) is 88.8 cm³/mol. The molecule has 23 heavy (non-hydrogen) atoms. The lowest BCUT2D eigenvalue weighted by Gasteiger charge is -2.10. The number of aromatic nitrogens is 1. The zero-order chi connectivity index (χ0) is 16.4. The first-order chi connectivity index (χ1) is 11.0. The number of hydrogen-bond donors (Lipinski definition) is 2. The molecule has 1 saturated carbocycles. The maximum Gasteiger partial charge on any atom is 0.306 e. The number of carboxylic acids is 1. The van der Waals surface area contributed by atoms with Gasteiger partial charge in [0, 0.05) is 17.0 Å². The number of carbonyl (C=O) groups excluding carboxylic acids is 1. The van der Waals surface area contributed by atoms with Crippen LogP contribution in [0.15, 0.2) is 29.6 Å². The molecule has 1 aromatic carbocycles. The van der Waals surface area contributed by atoms with Crippen molar-refractivity contribution in [3.05, 3.63) is 40.4 Å². The van der Waals surface area contributed by atoms with Crippen molar-refractivity contribution in [2.24, 2.45) is 5.92 Å². The smallest absolute Gasteiger partial charge is 0.306 e. The first-order valence-corrected chi connectivity index (χ1v) is 8.54. The van der Waals surface area contributed by atoms with Gasteiger partial charge in [-0.2, -0.15) is 0 Å². The van der Waals surface area contributed by atoms with Crippen molar-refractivity contribution in [3.8, 4) is 10.6 Å². The highest BCUT2D eigenvalue weighted by atomic mass is 35.5. The van der Waals surface area contributed by atoms with Gasteiger partial charge in [-0.3, -0.25) is 9.59 Å². The van der Waals surface area contributed by atoms with E-state index in [9.17, 15) is 9.59 Å². The van der Waals surface area contributed by atoms with Gasteiger partial charge in [0.25, 0.3) is 5.91 Å². The number of carboxylic acid groups (broad SMARTS) is 1. The van der Waals surface area contributed by atoms with Gasteiger partial charge in [0.2, 0.25) is 0 Å². The molecule has 5 nitrogen and oxygen atoms in total. The van der Waals surface area contributed by atoms with Gasteiger partial charge in [0.05, 0.1) is 10.9 Å². The fraction of sp³-hybridized carbons (Fsp3) is 0.312. The summed E-state index contributed by atoms with van der Waals surface area (Å²) >= 11 is 7.50. The monoisotopic (exact) mass is 350 g/mol. The number of rotatable bonds is 4. The number of nitrogens with one attached hydrogen (secondary N) is 1. The third-order valence-electron chi connectivity index (χ3n) is 3.96. The van der Waals surface area contributed by atoms with Crippen molar-refractivity contribution >= 4 is 34.8 Å². The van der Waals surface area contributed by atoms with Crippen LogP contribution in [-0.2, 0) is 4.79 Å². The topological polar surface area (TPSA) is 79.3 Å². The SMILES string of the molecule is O=C(N[C@H]1CC[C@@H](C(=O)O)C1)c1csc(-c2ccccc2Cl)n1. The van der Waals surface area contributed by atoms with Crippen LogP contribution < -0.4 is 5.32 Å². The molecule has 1 heterocycles. The van der Waals surface area contributed by atoms with Crippen LogP contribution in [0.5, 0.6) is 0 Å². The summed E-state index contributed by atoms with van der Waals surface area (Å²) in [7, 11) is 0. The Balaban J connectivity index is 1.68. The molecule has 1 aromatic heterocycles. The molecule has 2 aromatic rings. The Labute approximate surface area is 142 Å². The molecule has 1 aliphatic carbocycles. The minimum absolute atomic E-state index is 0.103. The molecule has 120 valence electrons. The maximum atomic E-state index is 12.3. The summed E-state index contributed by atoms with van der Waals surface area (Å²) in [6.07, 6.45) is 1.76. The average Bonchev–Trinajstić information content (AvgIpc) is 3.16. The summed E-state index contributed by atoms with van der Waals surface area (Å²) in [5.74, 6) is -1.43. The molecule has 0 bridgehead atoms. The Kier molecular flexibility index (Phi) is 4.63. The van der Waals surface area contributed by atoms with Crippen LogP contribution in [-0.4, -0.2) is 28.0 Å². The highest BCUT2D eigenvalue weighted by Gasteiger charge is 2.31. The highest BCUT2D eigenvalue weighted by Crippen LogP contribution is 2.30. The Morgan fingerprint density at radius 3 is 2.78 bits per heavy atom. The van der Waals surface area contributed by atoms with E-state index in [4.69, 9.17) is 16.7 Å². The highest BCUT2D eigenvalue weighted by molar-refractivity contribution is 7.13. The van der Waals surface area contributed by atoms with Crippen LogP contribution in [0.2, 0.25) is 5.02 Å². The third kappa shape index (κ3) is 3.54. The molecular formula is C16H15ClN2O3S. The van der Waals surface area contributed by atoms with Crippen LogP contribution in [0.25, 0.3) is 10.6 Å². The normalized spacial score (nSPS) is 20.4. The van der Waals surface area contributed by atoms with E-state index >= 15 is 0 Å². The van der Waals surface area contributed by atoms with Crippen molar-refractivity contribution < 1.29 is 14.7 Å². The number of thiazole rings is 1. The Morgan fingerprint density at radius 2 is 2.09 bits per heavy atom. The van der Waals surface area contributed by atoms with Gasteiger partial charge in [0.1, 0.15) is 10.7 Å². The van der Waals surface area contributed by atoms with E-state index in [0.717, 1.165) is 5.56 Å². The lowest BCUT2D eigenvalue weighted by Crippen LogP contribution is -2.33. The number of aliphatic carboxylic acids is 1. The first-order valence-electron chi connectivity index (χ1n) is 7.28. The van der Waals surface area contributed by atoms with Crippen molar-refractivity contribution in [2.75, 3.05) is 0 Å². The lowest BCUT2D eigenvalue weighted by atomic mass is 10.1. The Hall–Kier alpha value is -1.92. The number of amides is 1. The fourth-order valence-electron chi connectivity index (χ4n) is 2.73. The second-order valence-electron chi connectivity index (χ2n) is 5.54. The van der Waals surface area contributed by atoms with E-state index in [0.29, 0.717) is 35.0 Å². The van der Waals surface area contributed by atoms with E-state index in [1.165, 1.54) is 11.3 Å². The number of nitrogens with zero attached hydrogens (tertiary/aromatic N) is 1.